The summed E-state index contributed by atoms with van der Waals surface area (Å²) in [6.45, 7) is 9.30. The van der Waals surface area contributed by atoms with Crippen molar-refractivity contribution in [3.8, 4) is 0 Å². The summed E-state index contributed by atoms with van der Waals surface area (Å²) in [5, 5.41) is 1.97. The van der Waals surface area contributed by atoms with E-state index in [0.717, 1.165) is 22.8 Å². The van der Waals surface area contributed by atoms with Crippen molar-refractivity contribution in [1.82, 2.24) is 0 Å². The van der Waals surface area contributed by atoms with Gasteiger partial charge in [0.25, 0.3) is 0 Å². The second-order valence-electron chi connectivity index (χ2n) is 8.26. The van der Waals surface area contributed by atoms with Crippen molar-refractivity contribution in [3.63, 3.8) is 0 Å². The lowest BCUT2D eigenvalue weighted by Gasteiger charge is -2.41. The molecule has 0 amide bonds. The molecule has 32 heavy (non-hydrogen) atoms. The molecule has 2 aromatic rings. The van der Waals surface area contributed by atoms with Gasteiger partial charge in [0, 0.05) is 27.9 Å². The lowest BCUT2D eigenvalue weighted by Crippen LogP contribution is -2.72. The minimum absolute atomic E-state index is 0.233. The van der Waals surface area contributed by atoms with E-state index in [1.807, 2.05) is 36.4 Å². The van der Waals surface area contributed by atoms with Crippen molar-refractivity contribution in [2.75, 3.05) is 27.9 Å². The maximum Gasteiger partial charge on any atom is 0.670 e. The molecule has 0 radical (unpaired) electrons. The summed E-state index contributed by atoms with van der Waals surface area (Å²) in [5.41, 5.74) is 0. The number of hydrogen-bond acceptors (Lipinski definition) is 6. The molecule has 0 N–H and O–H groups in total. The molecule has 0 bridgehead atoms. The molecule has 6 nitrogen and oxygen atoms in total. The Kier molecular flexibility index (Phi) is 10.5. The standard InChI is InChI=1S/C23H38O6Si3/c1-8-21(2)27-19-20-30(6,7)28-31(22-15-11-9-12-16-22,23-17-13-10-14-18-23)29-32(24-3,25-4)26-5/h9-18,21H,8,19-20H2,1-7H3. The SMILES string of the molecule is CCC(C)OCC[Si](C)(C)O[Si](O[Si](OC)(OC)OC)(c1ccccc1)c1ccccc1. The molecule has 0 aromatic heterocycles. The van der Waals surface area contributed by atoms with Crippen LogP contribution in [0.4, 0.5) is 0 Å². The molecule has 2 aromatic carbocycles. The minimum Gasteiger partial charge on any atom is -0.430 e. The van der Waals surface area contributed by atoms with Crippen molar-refractivity contribution >= 4 is 36.3 Å². The highest BCUT2D eigenvalue weighted by atomic mass is 28.5. The van der Waals surface area contributed by atoms with Crippen molar-refractivity contribution in [1.29, 1.82) is 0 Å². The van der Waals surface area contributed by atoms with Crippen LogP contribution in [0.3, 0.4) is 0 Å². The van der Waals surface area contributed by atoms with Crippen molar-refractivity contribution in [2.45, 2.75) is 45.5 Å². The van der Waals surface area contributed by atoms with Crippen LogP contribution in [0, 0.1) is 0 Å². The monoisotopic (exact) mass is 494 g/mol. The molecule has 0 aliphatic carbocycles. The van der Waals surface area contributed by atoms with Crippen molar-refractivity contribution < 1.29 is 26.2 Å². The topological polar surface area (TPSA) is 55.4 Å². The summed E-state index contributed by atoms with van der Waals surface area (Å²) in [5.74, 6) is 0. The Hall–Kier alpha value is -1.15. The third-order valence-electron chi connectivity index (χ3n) is 5.43. The Balaban J connectivity index is 2.56. The van der Waals surface area contributed by atoms with Gasteiger partial charge in [0.15, 0.2) is 8.32 Å². The zero-order valence-electron chi connectivity index (χ0n) is 20.4. The van der Waals surface area contributed by atoms with Gasteiger partial charge in [-0.25, -0.2) is 0 Å². The maximum absolute atomic E-state index is 7.14. The zero-order chi connectivity index (χ0) is 23.7. The first-order valence-electron chi connectivity index (χ1n) is 11.0. The fourth-order valence-electron chi connectivity index (χ4n) is 3.35. The van der Waals surface area contributed by atoms with Crippen molar-refractivity contribution in [3.05, 3.63) is 60.7 Å². The first-order valence-corrected chi connectivity index (χ1v) is 17.6. The van der Waals surface area contributed by atoms with Crippen LogP contribution in [0.1, 0.15) is 20.3 Å². The fraction of sp³-hybridized carbons (Fsp3) is 0.478. The maximum atomic E-state index is 7.14. The minimum atomic E-state index is -3.45. The Labute approximate surface area is 196 Å². The van der Waals surface area contributed by atoms with E-state index >= 15 is 0 Å². The zero-order valence-corrected chi connectivity index (χ0v) is 23.4. The highest BCUT2D eigenvalue weighted by Gasteiger charge is 2.57. The number of hydrogen-bond donors (Lipinski definition) is 0. The lowest BCUT2D eigenvalue weighted by atomic mass is 10.3. The van der Waals surface area contributed by atoms with Crippen molar-refractivity contribution in [2.24, 2.45) is 0 Å². The summed E-state index contributed by atoms with van der Waals surface area (Å²) in [6, 6.07) is 21.1. The van der Waals surface area contributed by atoms with E-state index < -0.39 is 25.9 Å². The molecule has 1 unspecified atom stereocenters. The number of rotatable bonds is 14. The smallest absolute Gasteiger partial charge is 0.430 e. The molecule has 1 atom stereocenters. The largest absolute Gasteiger partial charge is 0.670 e. The van der Waals surface area contributed by atoms with Gasteiger partial charge in [0.2, 0.25) is 0 Å². The van der Waals surface area contributed by atoms with Gasteiger partial charge in [-0.05, 0) is 42.9 Å². The first kappa shape index (κ1) is 27.1. The van der Waals surface area contributed by atoms with Gasteiger partial charge in [0.05, 0.1) is 6.10 Å². The molecular weight excluding hydrogens is 457 g/mol. The van der Waals surface area contributed by atoms with Crippen LogP contribution in [0.15, 0.2) is 60.7 Å². The van der Waals surface area contributed by atoms with Gasteiger partial charge in [-0.1, -0.05) is 67.6 Å². The highest BCUT2D eigenvalue weighted by molar-refractivity contribution is 7.01. The van der Waals surface area contributed by atoms with Crippen LogP contribution in [0.5, 0.6) is 0 Å². The molecule has 0 spiro atoms. The Morgan fingerprint density at radius 1 is 0.750 bits per heavy atom. The Bertz CT molecular complexity index is 739. The molecule has 0 saturated carbocycles. The average molecular weight is 495 g/mol. The predicted octanol–water partition coefficient (Wildman–Crippen LogP) is 3.67. The van der Waals surface area contributed by atoms with E-state index in [1.54, 1.807) is 21.3 Å². The third-order valence-corrected chi connectivity index (χ3v) is 16.0. The molecule has 9 heteroatoms. The summed E-state index contributed by atoms with van der Waals surface area (Å²) >= 11 is 0. The second-order valence-corrected chi connectivity index (χ2v) is 18.5. The van der Waals surface area contributed by atoms with Gasteiger partial charge < -0.3 is 26.2 Å². The quantitative estimate of drug-likeness (QED) is 0.374. The van der Waals surface area contributed by atoms with Gasteiger partial charge in [-0.3, -0.25) is 0 Å². The molecular formula is C23H38O6Si3. The van der Waals surface area contributed by atoms with Crippen LogP contribution in [-0.4, -0.2) is 60.0 Å². The van der Waals surface area contributed by atoms with E-state index in [-0.39, 0.29) is 6.10 Å². The Morgan fingerprint density at radius 2 is 1.22 bits per heavy atom. The summed E-state index contributed by atoms with van der Waals surface area (Å²) in [6.07, 6.45) is 1.22. The fourth-order valence-corrected chi connectivity index (χ4v) is 14.4. The highest BCUT2D eigenvalue weighted by Crippen LogP contribution is 2.25. The molecule has 0 aliphatic rings. The molecule has 2 rings (SSSR count). The van der Waals surface area contributed by atoms with Crippen LogP contribution in [0.2, 0.25) is 19.1 Å². The first-order chi connectivity index (χ1) is 15.3. The number of ether oxygens (including phenoxy) is 1. The van der Waals surface area contributed by atoms with E-state index in [2.05, 4.69) is 51.2 Å². The summed E-state index contributed by atoms with van der Waals surface area (Å²) in [7, 11) is -4.32. The molecule has 0 fully saturated rings. The molecule has 0 saturated heterocycles. The molecule has 0 heterocycles. The van der Waals surface area contributed by atoms with Crippen LogP contribution >= 0.6 is 0 Å². The second kappa shape index (κ2) is 12.4. The van der Waals surface area contributed by atoms with E-state index in [9.17, 15) is 0 Å². The van der Waals surface area contributed by atoms with Crippen LogP contribution in [-0.2, 0) is 26.2 Å². The molecule has 0 aliphatic heterocycles. The molecule has 178 valence electrons. The van der Waals surface area contributed by atoms with Crippen LogP contribution in [0.25, 0.3) is 0 Å². The van der Waals surface area contributed by atoms with Crippen LogP contribution < -0.4 is 10.4 Å². The summed E-state index contributed by atoms with van der Waals surface area (Å²) < 4.78 is 37.0. The van der Waals surface area contributed by atoms with Gasteiger partial charge >= 0.3 is 17.6 Å². The van der Waals surface area contributed by atoms with Gasteiger partial charge in [0.1, 0.15) is 0 Å². The normalized spacial score (nSPS) is 13.8. The van der Waals surface area contributed by atoms with E-state index in [4.69, 9.17) is 26.2 Å². The average Bonchev–Trinajstić information content (AvgIpc) is 2.82. The predicted molar refractivity (Wildman–Crippen MR) is 135 cm³/mol. The summed E-state index contributed by atoms with van der Waals surface area (Å²) in [4.78, 5) is 0. The van der Waals surface area contributed by atoms with Gasteiger partial charge in [-0.2, -0.15) is 0 Å². The van der Waals surface area contributed by atoms with E-state index in [0.29, 0.717) is 6.61 Å². The Morgan fingerprint density at radius 3 is 1.62 bits per heavy atom. The lowest BCUT2D eigenvalue weighted by molar-refractivity contribution is 0.0429. The van der Waals surface area contributed by atoms with E-state index in [1.165, 1.54) is 0 Å². The third kappa shape index (κ3) is 6.92. The van der Waals surface area contributed by atoms with Gasteiger partial charge in [-0.15, -0.1) is 0 Å². The number of benzene rings is 2.